The van der Waals surface area contributed by atoms with Crippen LogP contribution in [0.1, 0.15) is 17.9 Å². The van der Waals surface area contributed by atoms with Crippen molar-refractivity contribution < 1.29 is 9.53 Å². The van der Waals surface area contributed by atoms with Crippen LogP contribution in [-0.4, -0.2) is 41.3 Å². The molecule has 1 unspecified atom stereocenters. The van der Waals surface area contributed by atoms with Crippen molar-refractivity contribution in [3.8, 4) is 5.19 Å². The number of urea groups is 1. The maximum atomic E-state index is 12.2. The predicted octanol–water partition coefficient (Wildman–Crippen LogP) is 2.57. The van der Waals surface area contributed by atoms with Gasteiger partial charge in [-0.15, -0.1) is 5.10 Å². The lowest BCUT2D eigenvalue weighted by Gasteiger charge is -2.16. The third kappa shape index (κ3) is 3.13. The molecule has 1 atom stereocenters. The fourth-order valence-corrected chi connectivity index (χ4v) is 3.01. The zero-order valence-corrected chi connectivity index (χ0v) is 12.5. The average Bonchev–Trinajstić information content (AvgIpc) is 3.17. The summed E-state index contributed by atoms with van der Waals surface area (Å²) in [6.45, 7) is 1.48. The van der Waals surface area contributed by atoms with Crippen molar-refractivity contribution in [1.29, 1.82) is 0 Å². The molecule has 1 N–H and O–H groups in total. The summed E-state index contributed by atoms with van der Waals surface area (Å²) in [5.74, 6) is 0.404. The van der Waals surface area contributed by atoms with E-state index in [4.69, 9.17) is 4.74 Å². The molecule has 1 saturated heterocycles. The second kappa shape index (κ2) is 6.09. The van der Waals surface area contributed by atoms with E-state index in [0.29, 0.717) is 16.2 Å². The number of hydrogen-bond donors (Lipinski definition) is 1. The Kier molecular flexibility index (Phi) is 4.01. The topological polar surface area (TPSA) is 67.4 Å². The number of amides is 2. The van der Waals surface area contributed by atoms with Gasteiger partial charge in [0.15, 0.2) is 0 Å². The van der Waals surface area contributed by atoms with Crippen molar-refractivity contribution in [2.45, 2.75) is 12.3 Å². The van der Waals surface area contributed by atoms with Gasteiger partial charge in [0.25, 0.3) is 5.19 Å². The number of methoxy groups -OCH3 is 1. The molecule has 1 fully saturated rings. The fourth-order valence-electron chi connectivity index (χ4n) is 2.46. The van der Waals surface area contributed by atoms with Gasteiger partial charge >= 0.3 is 6.03 Å². The van der Waals surface area contributed by atoms with Gasteiger partial charge in [0.2, 0.25) is 5.13 Å². The van der Waals surface area contributed by atoms with Gasteiger partial charge < -0.3 is 9.64 Å². The van der Waals surface area contributed by atoms with E-state index in [1.54, 1.807) is 0 Å². The molecule has 2 amide bonds. The highest BCUT2D eigenvalue weighted by atomic mass is 32.1. The van der Waals surface area contributed by atoms with Crippen molar-refractivity contribution in [3.05, 3.63) is 35.9 Å². The third-order valence-corrected chi connectivity index (χ3v) is 4.34. The Morgan fingerprint density at radius 2 is 2.19 bits per heavy atom. The zero-order valence-electron chi connectivity index (χ0n) is 11.7. The van der Waals surface area contributed by atoms with Crippen LogP contribution in [-0.2, 0) is 0 Å². The quantitative estimate of drug-likeness (QED) is 0.946. The van der Waals surface area contributed by atoms with Crippen molar-refractivity contribution in [2.75, 3.05) is 25.5 Å². The van der Waals surface area contributed by atoms with E-state index in [-0.39, 0.29) is 6.03 Å². The first-order valence-electron chi connectivity index (χ1n) is 6.74. The van der Waals surface area contributed by atoms with Gasteiger partial charge in [-0.2, -0.15) is 0 Å². The molecule has 1 aromatic carbocycles. The van der Waals surface area contributed by atoms with Crippen LogP contribution in [0.3, 0.4) is 0 Å². The molecule has 1 aliphatic rings. The minimum absolute atomic E-state index is 0.132. The molecule has 7 heteroatoms. The lowest BCUT2D eigenvalue weighted by Crippen LogP contribution is -2.32. The first-order valence-corrected chi connectivity index (χ1v) is 7.56. The highest BCUT2D eigenvalue weighted by Crippen LogP contribution is 2.28. The summed E-state index contributed by atoms with van der Waals surface area (Å²) in [6.07, 6.45) is 0.983. The first kappa shape index (κ1) is 13.8. The van der Waals surface area contributed by atoms with Gasteiger partial charge in [-0.25, -0.2) is 4.79 Å². The summed E-state index contributed by atoms with van der Waals surface area (Å²) < 4.78 is 4.96. The molecule has 21 heavy (non-hydrogen) atoms. The molecule has 6 nitrogen and oxygen atoms in total. The number of carbonyl (C=O) groups excluding carboxylic acids is 1. The Morgan fingerprint density at radius 3 is 2.90 bits per heavy atom. The highest BCUT2D eigenvalue weighted by molar-refractivity contribution is 7.17. The van der Waals surface area contributed by atoms with Crippen LogP contribution < -0.4 is 10.1 Å². The van der Waals surface area contributed by atoms with E-state index in [1.807, 2.05) is 23.1 Å². The standard InChI is InChI=1S/C14H16N4O2S/c1-20-14-17-16-12(21-14)15-13(19)18-8-7-11(9-18)10-5-3-2-4-6-10/h2-6,11H,7-9H2,1H3,(H,15,16,19). The Bertz CT molecular complexity index is 616. The molecule has 3 rings (SSSR count). The molecule has 1 aliphatic heterocycles. The SMILES string of the molecule is COc1nnc(NC(=O)N2CCC(c3ccccc3)C2)s1. The number of hydrogen-bond acceptors (Lipinski definition) is 5. The van der Waals surface area contributed by atoms with Gasteiger partial charge in [0.05, 0.1) is 7.11 Å². The molecular formula is C14H16N4O2S. The van der Waals surface area contributed by atoms with E-state index < -0.39 is 0 Å². The average molecular weight is 304 g/mol. The molecule has 110 valence electrons. The van der Waals surface area contributed by atoms with Crippen LogP contribution in [0.15, 0.2) is 30.3 Å². The van der Waals surface area contributed by atoms with E-state index in [2.05, 4.69) is 27.6 Å². The monoisotopic (exact) mass is 304 g/mol. The number of benzene rings is 1. The lowest BCUT2D eigenvalue weighted by molar-refractivity contribution is 0.222. The number of aromatic nitrogens is 2. The number of carbonyl (C=O) groups is 1. The zero-order chi connectivity index (χ0) is 14.7. The molecule has 1 aromatic heterocycles. The smallest absolute Gasteiger partial charge is 0.323 e. The minimum atomic E-state index is -0.132. The van der Waals surface area contributed by atoms with Crippen LogP contribution in [0.4, 0.5) is 9.93 Å². The van der Waals surface area contributed by atoms with Crippen LogP contribution >= 0.6 is 11.3 Å². The van der Waals surface area contributed by atoms with Crippen molar-refractivity contribution in [3.63, 3.8) is 0 Å². The molecule has 0 bridgehead atoms. The Balaban J connectivity index is 1.59. The van der Waals surface area contributed by atoms with Crippen LogP contribution in [0, 0.1) is 0 Å². The molecule has 0 saturated carbocycles. The summed E-state index contributed by atoms with van der Waals surface area (Å²) in [4.78, 5) is 14.0. The predicted molar refractivity (Wildman–Crippen MR) is 80.9 cm³/mol. The van der Waals surface area contributed by atoms with Crippen LogP contribution in [0.2, 0.25) is 0 Å². The van der Waals surface area contributed by atoms with Crippen molar-refractivity contribution >= 4 is 22.5 Å². The lowest BCUT2D eigenvalue weighted by atomic mass is 9.99. The number of ether oxygens (including phenoxy) is 1. The van der Waals surface area contributed by atoms with E-state index >= 15 is 0 Å². The van der Waals surface area contributed by atoms with Gasteiger partial charge in [0.1, 0.15) is 0 Å². The van der Waals surface area contributed by atoms with Crippen molar-refractivity contribution in [1.82, 2.24) is 15.1 Å². The number of likely N-dealkylation sites (tertiary alicyclic amines) is 1. The van der Waals surface area contributed by atoms with E-state index in [0.717, 1.165) is 19.5 Å². The number of anilines is 1. The third-order valence-electron chi connectivity index (χ3n) is 3.54. The minimum Gasteiger partial charge on any atom is -0.472 e. The Labute approximate surface area is 126 Å². The van der Waals surface area contributed by atoms with Crippen LogP contribution in [0.25, 0.3) is 0 Å². The summed E-state index contributed by atoms with van der Waals surface area (Å²) >= 11 is 1.21. The number of rotatable bonds is 3. The second-order valence-corrected chi connectivity index (χ2v) is 5.79. The van der Waals surface area contributed by atoms with E-state index in [1.165, 1.54) is 24.0 Å². The molecule has 2 aromatic rings. The maximum Gasteiger partial charge on any atom is 0.323 e. The van der Waals surface area contributed by atoms with Gasteiger partial charge in [-0.3, -0.25) is 5.32 Å². The van der Waals surface area contributed by atoms with Gasteiger partial charge in [-0.1, -0.05) is 35.4 Å². The Hall–Kier alpha value is -2.15. The number of nitrogens with one attached hydrogen (secondary N) is 1. The molecular weight excluding hydrogens is 288 g/mol. The fraction of sp³-hybridized carbons (Fsp3) is 0.357. The second-order valence-electron chi connectivity index (χ2n) is 4.85. The van der Waals surface area contributed by atoms with E-state index in [9.17, 15) is 4.79 Å². The Morgan fingerprint density at radius 1 is 1.38 bits per heavy atom. The van der Waals surface area contributed by atoms with Crippen molar-refractivity contribution in [2.24, 2.45) is 0 Å². The highest BCUT2D eigenvalue weighted by Gasteiger charge is 2.27. The van der Waals surface area contributed by atoms with Crippen LogP contribution in [0.5, 0.6) is 5.19 Å². The molecule has 0 radical (unpaired) electrons. The summed E-state index contributed by atoms with van der Waals surface area (Å²) in [6, 6.07) is 10.2. The maximum absolute atomic E-state index is 12.2. The first-order chi connectivity index (χ1) is 10.3. The molecule has 0 aliphatic carbocycles. The molecule has 2 heterocycles. The summed E-state index contributed by atoms with van der Waals surface area (Å²) in [5, 5.41) is 11.3. The summed E-state index contributed by atoms with van der Waals surface area (Å²) in [7, 11) is 1.52. The number of nitrogens with zero attached hydrogens (tertiary/aromatic N) is 3. The normalized spacial score (nSPS) is 17.8. The van der Waals surface area contributed by atoms with Gasteiger partial charge in [0, 0.05) is 19.0 Å². The summed E-state index contributed by atoms with van der Waals surface area (Å²) in [5.41, 5.74) is 1.28. The largest absolute Gasteiger partial charge is 0.472 e. The molecule has 0 spiro atoms. The van der Waals surface area contributed by atoms with Gasteiger partial charge in [-0.05, 0) is 23.3 Å².